The van der Waals surface area contributed by atoms with Crippen molar-refractivity contribution in [3.05, 3.63) is 39.4 Å². The molecule has 0 radical (unpaired) electrons. The van der Waals surface area contributed by atoms with E-state index < -0.39 is 4.95 Å². The summed E-state index contributed by atoms with van der Waals surface area (Å²) in [5.74, 6) is 15.1. The normalized spacial score (nSPS) is 9.29. The van der Waals surface area contributed by atoms with Gasteiger partial charge in [-0.1, -0.05) is 32.9 Å². The molecule has 0 aliphatic rings. The molecule has 118 valence electrons. The number of anilines is 1. The van der Waals surface area contributed by atoms with E-state index in [0.29, 0.717) is 5.69 Å². The van der Waals surface area contributed by atoms with Crippen LogP contribution in [-0.4, -0.2) is 14.9 Å². The third-order valence-corrected chi connectivity index (χ3v) is 3.51. The van der Waals surface area contributed by atoms with Gasteiger partial charge in [-0.3, -0.25) is 9.97 Å². The maximum Gasteiger partial charge on any atom is 0.155 e. The lowest BCUT2D eigenvalue weighted by atomic mass is 10.3. The molecule has 24 heavy (non-hydrogen) atoms. The van der Waals surface area contributed by atoms with Crippen LogP contribution in [0.5, 0.6) is 0 Å². The molecule has 2 N–H and O–H groups in total. The number of nitrogens with zero attached hydrogens (tertiary/aromatic N) is 5. The number of nitrogen functional groups attached to an aromatic ring is 1. The Hall–Kier alpha value is -2.69. The molecular weight excluding hydrogens is 436 g/mol. The summed E-state index contributed by atoms with van der Waals surface area (Å²) in [5, 5.41) is 3.26. The van der Waals surface area contributed by atoms with Gasteiger partial charge >= 0.3 is 0 Å². The highest BCUT2D eigenvalue weighted by atomic mass is 79.9. The van der Waals surface area contributed by atoms with Crippen LogP contribution in [0.25, 0.3) is 21.5 Å². The highest BCUT2D eigenvalue weighted by Gasteiger charge is 2.02. The minimum absolute atomic E-state index is 0.522. The van der Waals surface area contributed by atoms with Gasteiger partial charge < -0.3 is 5.73 Å². The van der Waals surface area contributed by atoms with Crippen LogP contribution >= 0.6 is 31.9 Å². The van der Waals surface area contributed by atoms with Gasteiger partial charge in [0.2, 0.25) is 0 Å². The van der Waals surface area contributed by atoms with E-state index in [1.54, 1.807) is 25.4 Å². The first kappa shape index (κ1) is 19.4. The van der Waals surface area contributed by atoms with Gasteiger partial charge in [-0.15, -0.1) is 0 Å². The molecule has 1 aromatic carbocycles. The average Bonchev–Trinajstić information content (AvgIpc) is 2.59. The largest absolute Gasteiger partial charge is 0.398 e. The molecule has 0 saturated carbocycles. The van der Waals surface area contributed by atoms with Gasteiger partial charge in [-0.25, -0.2) is 0 Å². The van der Waals surface area contributed by atoms with Crippen molar-refractivity contribution in [3.63, 3.8) is 0 Å². The van der Waals surface area contributed by atoms with Gasteiger partial charge in [0.05, 0.1) is 9.99 Å². The van der Waals surface area contributed by atoms with Gasteiger partial charge in [0.15, 0.2) is 4.95 Å². The summed E-state index contributed by atoms with van der Waals surface area (Å²) in [6.07, 6.45) is 3.30. The number of hydrogen-bond acceptors (Lipinski definition) is 4. The number of alkyl halides is 1. The van der Waals surface area contributed by atoms with Crippen molar-refractivity contribution in [2.75, 3.05) is 5.73 Å². The van der Waals surface area contributed by atoms with Crippen molar-refractivity contribution in [1.29, 1.82) is 0 Å². The molecule has 0 bridgehead atoms. The van der Waals surface area contributed by atoms with Gasteiger partial charge in [0.25, 0.3) is 0 Å². The number of benzene rings is 1. The summed E-state index contributed by atoms with van der Waals surface area (Å²) in [6.45, 7) is 1.69. The van der Waals surface area contributed by atoms with Gasteiger partial charge in [0.1, 0.15) is 5.52 Å². The lowest BCUT2D eigenvalue weighted by molar-refractivity contribution is 1.19. The molecule has 8 heteroatoms. The van der Waals surface area contributed by atoms with Crippen LogP contribution in [0.2, 0.25) is 0 Å². The molecule has 1 atom stereocenters. The molecule has 0 aliphatic heterocycles. The highest BCUT2D eigenvalue weighted by Crippen LogP contribution is 2.26. The summed E-state index contributed by atoms with van der Waals surface area (Å²) in [6, 6.07) is 3.66. The van der Waals surface area contributed by atoms with Crippen LogP contribution in [-0.2, 0) is 0 Å². The molecule has 2 rings (SSSR count). The maximum atomic E-state index is 7.98. The molecule has 0 aliphatic carbocycles. The minimum Gasteiger partial charge on any atom is -0.398 e. The first-order chi connectivity index (χ1) is 11.6. The van der Waals surface area contributed by atoms with Crippen molar-refractivity contribution >= 4 is 48.6 Å². The lowest BCUT2D eigenvalue weighted by Crippen LogP contribution is -1.89. The fourth-order valence-electron chi connectivity index (χ4n) is 1.31. The van der Waals surface area contributed by atoms with E-state index in [-0.39, 0.29) is 0 Å². The van der Waals surface area contributed by atoms with Gasteiger partial charge in [-0.05, 0) is 64.2 Å². The van der Waals surface area contributed by atoms with Crippen LogP contribution in [0.15, 0.2) is 34.1 Å². The second-order valence-corrected chi connectivity index (χ2v) is 5.49. The van der Waals surface area contributed by atoms with E-state index in [2.05, 4.69) is 87.4 Å². The van der Waals surface area contributed by atoms with E-state index in [1.165, 1.54) is 0 Å². The molecule has 1 unspecified atom stereocenters. The van der Waals surface area contributed by atoms with Crippen molar-refractivity contribution < 1.29 is 0 Å². The summed E-state index contributed by atoms with van der Waals surface area (Å²) < 4.78 is 0.813. The Kier molecular flexibility index (Phi) is 8.82. The van der Waals surface area contributed by atoms with Crippen LogP contribution in [0.4, 0.5) is 5.69 Å². The smallest absolute Gasteiger partial charge is 0.155 e. The van der Waals surface area contributed by atoms with E-state index in [0.717, 1.165) is 15.5 Å². The van der Waals surface area contributed by atoms with Crippen LogP contribution in [0.1, 0.15) is 6.92 Å². The van der Waals surface area contributed by atoms with Crippen molar-refractivity contribution in [2.45, 2.75) is 11.9 Å². The minimum atomic E-state index is -0.522. The fourth-order valence-corrected chi connectivity index (χ4v) is 1.95. The monoisotopic (exact) mass is 444 g/mol. The second kappa shape index (κ2) is 10.9. The predicted molar refractivity (Wildman–Crippen MR) is 103 cm³/mol. The number of halogens is 2. The zero-order chi connectivity index (χ0) is 17.8. The average molecular weight is 446 g/mol. The summed E-state index contributed by atoms with van der Waals surface area (Å²) in [7, 11) is 0. The lowest BCUT2D eigenvalue weighted by Gasteiger charge is -2.00. The third-order valence-electron chi connectivity index (χ3n) is 2.27. The molecule has 0 saturated heterocycles. The number of rotatable bonds is 1. The SMILES string of the molecule is CC#CC#CC#CC(Br)N=[N+]=[N-].Nc1ccc2nccnc2c1Br. The number of nitrogens with two attached hydrogens (primary N) is 1. The first-order valence-corrected chi connectivity index (χ1v) is 8.06. The topological polar surface area (TPSA) is 101 Å². The van der Waals surface area contributed by atoms with E-state index in [1.807, 2.05) is 6.07 Å². The number of azide groups is 1. The Bertz CT molecular complexity index is 947. The highest BCUT2D eigenvalue weighted by molar-refractivity contribution is 9.10. The van der Waals surface area contributed by atoms with E-state index >= 15 is 0 Å². The number of aromatic nitrogens is 2. The molecular formula is C16H10Br2N6. The third kappa shape index (κ3) is 6.60. The Balaban J connectivity index is 0.000000240. The Labute approximate surface area is 156 Å². The van der Waals surface area contributed by atoms with Crippen molar-refractivity contribution in [1.82, 2.24) is 9.97 Å². The summed E-state index contributed by atoms with van der Waals surface area (Å²) >= 11 is 6.36. The van der Waals surface area contributed by atoms with Crippen LogP contribution in [0, 0.1) is 35.5 Å². The van der Waals surface area contributed by atoms with Crippen LogP contribution in [0.3, 0.4) is 0 Å². The zero-order valence-electron chi connectivity index (χ0n) is 12.5. The molecule has 2 aromatic rings. The van der Waals surface area contributed by atoms with E-state index in [4.69, 9.17) is 11.3 Å². The Morgan fingerprint density at radius 1 is 1.21 bits per heavy atom. The quantitative estimate of drug-likeness (QED) is 0.136. The Morgan fingerprint density at radius 2 is 1.92 bits per heavy atom. The molecule has 0 spiro atoms. The number of hydrogen-bond donors (Lipinski definition) is 1. The summed E-state index contributed by atoms with van der Waals surface area (Å²) in [5.41, 5.74) is 16.0. The predicted octanol–water partition coefficient (Wildman–Crippen LogP) is 4.02. The van der Waals surface area contributed by atoms with E-state index in [9.17, 15) is 0 Å². The molecule has 1 heterocycles. The molecule has 0 fully saturated rings. The maximum absolute atomic E-state index is 7.98. The summed E-state index contributed by atoms with van der Waals surface area (Å²) in [4.78, 5) is 10.3. The van der Waals surface area contributed by atoms with Crippen LogP contribution < -0.4 is 5.73 Å². The second-order valence-electron chi connectivity index (χ2n) is 3.83. The Morgan fingerprint density at radius 3 is 2.62 bits per heavy atom. The van der Waals surface area contributed by atoms with Crippen molar-refractivity contribution in [3.8, 4) is 35.5 Å². The molecule has 0 amide bonds. The first-order valence-electron chi connectivity index (χ1n) is 6.35. The molecule has 1 aromatic heterocycles. The fraction of sp³-hybridized carbons (Fsp3) is 0.125. The van der Waals surface area contributed by atoms with Gasteiger partial charge in [0, 0.05) is 23.0 Å². The molecule has 6 nitrogen and oxygen atoms in total. The van der Waals surface area contributed by atoms with Gasteiger partial charge in [-0.2, -0.15) is 0 Å². The zero-order valence-corrected chi connectivity index (χ0v) is 15.6. The standard InChI is InChI=1S/C8H6BrN3.C8H4BrN3/c9-7-5(10)1-2-6-8(7)12-4-3-11-6;1-2-3-4-5-6-7-8(9)11-12-10/h1-4H,10H2;8H,1H3. The number of fused-ring (bicyclic) bond motifs is 1. The van der Waals surface area contributed by atoms with Crippen molar-refractivity contribution in [2.24, 2.45) is 5.11 Å².